The van der Waals surface area contributed by atoms with Crippen LogP contribution in [-0.4, -0.2) is 28.5 Å². The topological polar surface area (TPSA) is 119 Å². The molecule has 5 N–H and O–H groups in total. The second kappa shape index (κ2) is 4.81. The van der Waals surface area contributed by atoms with Crippen LogP contribution in [0.1, 0.15) is 28.0 Å². The zero-order valence-electron chi connectivity index (χ0n) is 10.3. The quantitative estimate of drug-likeness (QED) is 0.683. The summed E-state index contributed by atoms with van der Waals surface area (Å²) in [6.45, 7) is -0.147. The number of carbonyl (C=O) groups excluding carboxylic acids is 2. The van der Waals surface area contributed by atoms with Gasteiger partial charge >= 0.3 is 0 Å². The monoisotopic (exact) mass is 261 g/mol. The van der Waals surface area contributed by atoms with E-state index in [2.05, 4.69) is 4.98 Å². The van der Waals surface area contributed by atoms with E-state index in [1.165, 1.54) is 6.20 Å². The standard InChI is InChI=1S/C13H15N3O3/c14-11(18)9-5-8-6-13(3-4-17,12(15)19)2-1-10(8)16-7-9/h1-2,5,7,17H,3-4,6H2,(H2,14,18)(H2,15,19). The summed E-state index contributed by atoms with van der Waals surface area (Å²) in [6, 6.07) is 1.61. The molecule has 6 nitrogen and oxygen atoms in total. The summed E-state index contributed by atoms with van der Waals surface area (Å²) in [5, 5.41) is 9.09. The third-order valence-corrected chi connectivity index (χ3v) is 3.40. The molecule has 0 radical (unpaired) electrons. The van der Waals surface area contributed by atoms with Crippen LogP contribution in [0.2, 0.25) is 0 Å². The fraction of sp³-hybridized carbons (Fsp3) is 0.308. The molecule has 1 aliphatic rings. The average Bonchev–Trinajstić information content (AvgIpc) is 2.38. The number of aliphatic hydroxyl groups is 1. The second-order valence-electron chi connectivity index (χ2n) is 4.64. The predicted octanol–water partition coefficient (Wildman–Crippen LogP) is -0.396. The van der Waals surface area contributed by atoms with Crippen molar-refractivity contribution in [1.29, 1.82) is 0 Å². The number of carbonyl (C=O) groups is 2. The molecular formula is C13H15N3O3. The Morgan fingerprint density at radius 1 is 1.42 bits per heavy atom. The van der Waals surface area contributed by atoms with E-state index in [-0.39, 0.29) is 18.6 Å². The molecule has 1 atom stereocenters. The number of aliphatic hydroxyl groups excluding tert-OH is 1. The molecule has 0 saturated heterocycles. The molecular weight excluding hydrogens is 246 g/mol. The van der Waals surface area contributed by atoms with Crippen LogP contribution >= 0.6 is 0 Å². The van der Waals surface area contributed by atoms with Crippen molar-refractivity contribution in [1.82, 2.24) is 4.98 Å². The lowest BCUT2D eigenvalue weighted by molar-refractivity contribution is -0.126. The third-order valence-electron chi connectivity index (χ3n) is 3.40. The normalized spacial score (nSPS) is 20.9. The summed E-state index contributed by atoms with van der Waals surface area (Å²) in [5.74, 6) is -1.08. The Balaban J connectivity index is 2.44. The highest BCUT2D eigenvalue weighted by Gasteiger charge is 2.36. The van der Waals surface area contributed by atoms with Crippen LogP contribution in [0.4, 0.5) is 0 Å². The maximum absolute atomic E-state index is 11.6. The van der Waals surface area contributed by atoms with Crippen LogP contribution in [0, 0.1) is 5.41 Å². The Kier molecular flexibility index (Phi) is 3.35. The van der Waals surface area contributed by atoms with E-state index >= 15 is 0 Å². The minimum Gasteiger partial charge on any atom is -0.396 e. The van der Waals surface area contributed by atoms with Gasteiger partial charge < -0.3 is 16.6 Å². The lowest BCUT2D eigenvalue weighted by Crippen LogP contribution is -2.39. The SMILES string of the molecule is NC(=O)c1cnc2c(c1)CC(CCO)(C(N)=O)C=C2. The number of rotatable bonds is 4. The van der Waals surface area contributed by atoms with Gasteiger partial charge in [0.15, 0.2) is 0 Å². The molecule has 1 unspecified atom stereocenters. The van der Waals surface area contributed by atoms with E-state index in [0.29, 0.717) is 12.1 Å². The molecule has 0 aromatic carbocycles. The van der Waals surface area contributed by atoms with Crippen molar-refractivity contribution in [2.45, 2.75) is 12.8 Å². The van der Waals surface area contributed by atoms with Gasteiger partial charge in [0.05, 0.1) is 16.7 Å². The van der Waals surface area contributed by atoms with Gasteiger partial charge in [-0.3, -0.25) is 14.6 Å². The van der Waals surface area contributed by atoms with Gasteiger partial charge in [-0.25, -0.2) is 0 Å². The van der Waals surface area contributed by atoms with Crippen molar-refractivity contribution < 1.29 is 14.7 Å². The minimum absolute atomic E-state index is 0.147. The van der Waals surface area contributed by atoms with Crippen molar-refractivity contribution >= 4 is 17.9 Å². The molecule has 1 aromatic heterocycles. The summed E-state index contributed by atoms with van der Waals surface area (Å²) in [4.78, 5) is 26.9. The van der Waals surface area contributed by atoms with Crippen LogP contribution in [0.3, 0.4) is 0 Å². The Hall–Kier alpha value is -2.21. The maximum Gasteiger partial charge on any atom is 0.250 e. The zero-order chi connectivity index (χ0) is 14.0. The van der Waals surface area contributed by atoms with Gasteiger partial charge in [0.25, 0.3) is 0 Å². The van der Waals surface area contributed by atoms with Crippen LogP contribution < -0.4 is 11.5 Å². The van der Waals surface area contributed by atoms with E-state index in [1.54, 1.807) is 18.2 Å². The number of pyridine rings is 1. The molecule has 0 spiro atoms. The van der Waals surface area contributed by atoms with E-state index < -0.39 is 17.2 Å². The van der Waals surface area contributed by atoms with Crippen LogP contribution in [0.15, 0.2) is 18.3 Å². The van der Waals surface area contributed by atoms with Gasteiger partial charge in [0, 0.05) is 12.8 Å². The fourth-order valence-electron chi connectivity index (χ4n) is 2.25. The smallest absolute Gasteiger partial charge is 0.250 e. The van der Waals surface area contributed by atoms with E-state index in [9.17, 15) is 9.59 Å². The first-order chi connectivity index (χ1) is 8.98. The van der Waals surface area contributed by atoms with Gasteiger partial charge in [-0.1, -0.05) is 6.08 Å². The van der Waals surface area contributed by atoms with E-state index in [0.717, 1.165) is 5.56 Å². The molecule has 100 valence electrons. The van der Waals surface area contributed by atoms with Gasteiger partial charge in [0.2, 0.25) is 11.8 Å². The van der Waals surface area contributed by atoms with Crippen molar-refractivity contribution in [3.8, 4) is 0 Å². The highest BCUT2D eigenvalue weighted by molar-refractivity contribution is 5.93. The number of nitrogens with zero attached hydrogens (tertiary/aromatic N) is 1. The first-order valence-corrected chi connectivity index (χ1v) is 5.87. The summed E-state index contributed by atoms with van der Waals surface area (Å²) < 4.78 is 0. The molecule has 0 saturated carbocycles. The van der Waals surface area contributed by atoms with Crippen LogP contribution in [-0.2, 0) is 11.2 Å². The third kappa shape index (κ3) is 2.34. The first-order valence-electron chi connectivity index (χ1n) is 5.87. The molecule has 2 rings (SSSR count). The molecule has 6 heteroatoms. The molecule has 0 aliphatic heterocycles. The molecule has 1 aliphatic carbocycles. The second-order valence-corrected chi connectivity index (χ2v) is 4.64. The lowest BCUT2D eigenvalue weighted by atomic mass is 9.74. The van der Waals surface area contributed by atoms with E-state index in [4.69, 9.17) is 16.6 Å². The van der Waals surface area contributed by atoms with Gasteiger partial charge in [-0.2, -0.15) is 0 Å². The number of hydrogen-bond acceptors (Lipinski definition) is 4. The fourth-order valence-corrected chi connectivity index (χ4v) is 2.25. The zero-order valence-corrected chi connectivity index (χ0v) is 10.3. The number of primary amides is 2. The van der Waals surface area contributed by atoms with Crippen LogP contribution in [0.5, 0.6) is 0 Å². The Morgan fingerprint density at radius 3 is 2.74 bits per heavy atom. The summed E-state index contributed by atoms with van der Waals surface area (Å²) in [5.41, 5.74) is 11.4. The highest BCUT2D eigenvalue weighted by atomic mass is 16.3. The van der Waals surface area contributed by atoms with Gasteiger partial charge in [-0.15, -0.1) is 0 Å². The predicted molar refractivity (Wildman–Crippen MR) is 68.8 cm³/mol. The average molecular weight is 261 g/mol. The molecule has 1 heterocycles. The lowest BCUT2D eigenvalue weighted by Gasteiger charge is -2.30. The summed E-state index contributed by atoms with van der Waals surface area (Å²) in [6.07, 6.45) is 5.30. The maximum atomic E-state index is 11.6. The van der Waals surface area contributed by atoms with Crippen LogP contribution in [0.25, 0.3) is 6.08 Å². The molecule has 0 fully saturated rings. The van der Waals surface area contributed by atoms with Crippen molar-refractivity contribution in [2.75, 3.05) is 6.61 Å². The van der Waals surface area contributed by atoms with Crippen molar-refractivity contribution in [2.24, 2.45) is 16.9 Å². The molecule has 19 heavy (non-hydrogen) atoms. The van der Waals surface area contributed by atoms with Crippen molar-refractivity contribution in [3.05, 3.63) is 35.2 Å². The Labute approximate surface area is 110 Å². The van der Waals surface area contributed by atoms with Gasteiger partial charge in [0.1, 0.15) is 0 Å². The largest absolute Gasteiger partial charge is 0.396 e. The molecule has 0 bridgehead atoms. The Bertz CT molecular complexity index is 568. The van der Waals surface area contributed by atoms with E-state index in [1.807, 2.05) is 0 Å². The number of fused-ring (bicyclic) bond motifs is 1. The number of aromatic nitrogens is 1. The molecule has 2 amide bonds. The minimum atomic E-state index is -0.931. The molecule has 1 aromatic rings. The first kappa shape index (κ1) is 13.2. The number of nitrogens with two attached hydrogens (primary N) is 2. The summed E-state index contributed by atoms with van der Waals surface area (Å²) in [7, 11) is 0. The van der Waals surface area contributed by atoms with Gasteiger partial charge in [-0.05, 0) is 30.5 Å². The highest BCUT2D eigenvalue weighted by Crippen LogP contribution is 2.34. The number of hydrogen-bond donors (Lipinski definition) is 3. The number of amides is 2. The van der Waals surface area contributed by atoms with Crippen molar-refractivity contribution in [3.63, 3.8) is 0 Å². The summed E-state index contributed by atoms with van der Waals surface area (Å²) >= 11 is 0. The Morgan fingerprint density at radius 2 is 2.16 bits per heavy atom.